The SMILES string of the molecule is Cc1sc(NC(=O)CN(Cc2ccccc2)C(=O)C2CC2)c(C(N)=O)c1C. The van der Waals surface area contributed by atoms with E-state index in [1.165, 1.54) is 11.3 Å². The van der Waals surface area contributed by atoms with Crippen molar-refractivity contribution in [1.29, 1.82) is 0 Å². The van der Waals surface area contributed by atoms with Crippen LogP contribution in [0, 0.1) is 19.8 Å². The Labute approximate surface area is 162 Å². The second-order valence-corrected chi connectivity index (χ2v) is 8.08. The zero-order chi connectivity index (χ0) is 19.6. The zero-order valence-electron chi connectivity index (χ0n) is 15.5. The molecular formula is C20H23N3O3S. The van der Waals surface area contributed by atoms with E-state index in [0.717, 1.165) is 28.8 Å². The molecule has 0 atom stereocenters. The molecule has 3 amide bonds. The van der Waals surface area contributed by atoms with Crippen molar-refractivity contribution in [3.8, 4) is 0 Å². The lowest BCUT2D eigenvalue weighted by molar-refractivity contribution is -0.136. The number of aryl methyl sites for hydroxylation is 1. The highest BCUT2D eigenvalue weighted by Crippen LogP contribution is 2.33. The molecule has 27 heavy (non-hydrogen) atoms. The van der Waals surface area contributed by atoms with E-state index in [4.69, 9.17) is 5.73 Å². The quantitative estimate of drug-likeness (QED) is 0.767. The number of primary amides is 1. The van der Waals surface area contributed by atoms with Gasteiger partial charge in [0.15, 0.2) is 0 Å². The van der Waals surface area contributed by atoms with Crippen LogP contribution in [-0.2, 0) is 16.1 Å². The summed E-state index contributed by atoms with van der Waals surface area (Å²) < 4.78 is 0. The fourth-order valence-electron chi connectivity index (χ4n) is 2.96. The van der Waals surface area contributed by atoms with Crippen LogP contribution in [-0.4, -0.2) is 29.2 Å². The Morgan fingerprint density at radius 2 is 1.85 bits per heavy atom. The van der Waals surface area contributed by atoms with Gasteiger partial charge in [-0.3, -0.25) is 14.4 Å². The summed E-state index contributed by atoms with van der Waals surface area (Å²) >= 11 is 1.32. The van der Waals surface area contributed by atoms with Crippen molar-refractivity contribution in [3.63, 3.8) is 0 Å². The number of nitrogens with zero attached hydrogens (tertiary/aromatic N) is 1. The van der Waals surface area contributed by atoms with Crippen molar-refractivity contribution >= 4 is 34.1 Å². The average Bonchev–Trinajstić information content (AvgIpc) is 3.42. The van der Waals surface area contributed by atoms with E-state index in [-0.39, 0.29) is 24.3 Å². The molecule has 0 spiro atoms. The van der Waals surface area contributed by atoms with E-state index >= 15 is 0 Å². The summed E-state index contributed by atoms with van der Waals surface area (Å²) in [5.41, 5.74) is 7.55. The van der Waals surface area contributed by atoms with Gasteiger partial charge in [0.1, 0.15) is 11.5 Å². The minimum Gasteiger partial charge on any atom is -0.365 e. The molecule has 142 valence electrons. The van der Waals surface area contributed by atoms with Gasteiger partial charge in [-0.25, -0.2) is 0 Å². The Morgan fingerprint density at radius 3 is 2.44 bits per heavy atom. The molecule has 1 saturated carbocycles. The Bertz CT molecular complexity index is 872. The van der Waals surface area contributed by atoms with Crippen LogP contribution in [0.3, 0.4) is 0 Å². The van der Waals surface area contributed by atoms with Gasteiger partial charge in [0, 0.05) is 17.3 Å². The number of hydrogen-bond donors (Lipinski definition) is 2. The van der Waals surface area contributed by atoms with Crippen LogP contribution in [0.25, 0.3) is 0 Å². The Morgan fingerprint density at radius 1 is 1.19 bits per heavy atom. The number of carbonyl (C=O) groups excluding carboxylic acids is 3. The van der Waals surface area contributed by atoms with Gasteiger partial charge < -0.3 is 16.0 Å². The summed E-state index contributed by atoms with van der Waals surface area (Å²) in [5.74, 6) is -0.873. The number of rotatable bonds is 7. The van der Waals surface area contributed by atoms with Gasteiger partial charge in [-0.2, -0.15) is 0 Å². The number of nitrogens with one attached hydrogen (secondary N) is 1. The molecule has 1 heterocycles. The van der Waals surface area contributed by atoms with E-state index in [2.05, 4.69) is 5.32 Å². The van der Waals surface area contributed by atoms with Crippen molar-refractivity contribution in [1.82, 2.24) is 4.90 Å². The molecule has 1 aromatic heterocycles. The summed E-state index contributed by atoms with van der Waals surface area (Å²) in [6.45, 7) is 4.01. The number of amides is 3. The molecule has 0 radical (unpaired) electrons. The molecule has 1 aromatic carbocycles. The van der Waals surface area contributed by atoms with Crippen LogP contribution < -0.4 is 11.1 Å². The van der Waals surface area contributed by atoms with E-state index in [1.807, 2.05) is 37.3 Å². The first-order valence-corrected chi connectivity index (χ1v) is 9.70. The molecule has 0 bridgehead atoms. The molecule has 0 aliphatic heterocycles. The van der Waals surface area contributed by atoms with Gasteiger partial charge in [-0.05, 0) is 37.8 Å². The lowest BCUT2D eigenvalue weighted by atomic mass is 10.1. The Kier molecular flexibility index (Phi) is 5.60. The van der Waals surface area contributed by atoms with Crippen LogP contribution in [0.15, 0.2) is 30.3 Å². The summed E-state index contributed by atoms with van der Waals surface area (Å²) in [7, 11) is 0. The maximum absolute atomic E-state index is 12.6. The summed E-state index contributed by atoms with van der Waals surface area (Å²) in [5, 5.41) is 3.21. The van der Waals surface area contributed by atoms with E-state index in [0.29, 0.717) is 17.1 Å². The Balaban J connectivity index is 1.74. The van der Waals surface area contributed by atoms with Gasteiger partial charge in [-0.15, -0.1) is 11.3 Å². The minimum absolute atomic E-state index is 0.00247. The third-order valence-electron chi connectivity index (χ3n) is 4.67. The number of carbonyl (C=O) groups is 3. The zero-order valence-corrected chi connectivity index (χ0v) is 16.3. The van der Waals surface area contributed by atoms with Crippen LogP contribution in [0.5, 0.6) is 0 Å². The predicted octanol–water partition coefficient (Wildman–Crippen LogP) is 2.84. The monoisotopic (exact) mass is 385 g/mol. The molecule has 3 N–H and O–H groups in total. The highest BCUT2D eigenvalue weighted by molar-refractivity contribution is 7.16. The van der Waals surface area contributed by atoms with Gasteiger partial charge in [0.05, 0.1) is 5.56 Å². The second-order valence-electron chi connectivity index (χ2n) is 6.85. The van der Waals surface area contributed by atoms with Crippen molar-refractivity contribution in [2.45, 2.75) is 33.2 Å². The summed E-state index contributed by atoms with van der Waals surface area (Å²) in [6.07, 6.45) is 1.75. The van der Waals surface area contributed by atoms with E-state index in [9.17, 15) is 14.4 Å². The topological polar surface area (TPSA) is 92.5 Å². The smallest absolute Gasteiger partial charge is 0.251 e. The lowest BCUT2D eigenvalue weighted by Gasteiger charge is -2.22. The Hall–Kier alpha value is -2.67. The van der Waals surface area contributed by atoms with Crippen molar-refractivity contribution < 1.29 is 14.4 Å². The lowest BCUT2D eigenvalue weighted by Crippen LogP contribution is -2.38. The largest absolute Gasteiger partial charge is 0.365 e. The predicted molar refractivity (Wildman–Crippen MR) is 106 cm³/mol. The summed E-state index contributed by atoms with van der Waals surface area (Å²) in [6, 6.07) is 9.59. The van der Waals surface area contributed by atoms with Crippen molar-refractivity contribution in [3.05, 3.63) is 51.9 Å². The van der Waals surface area contributed by atoms with Crippen molar-refractivity contribution in [2.75, 3.05) is 11.9 Å². The fourth-order valence-corrected chi connectivity index (χ4v) is 4.04. The normalized spacial score (nSPS) is 13.3. The first kappa shape index (κ1) is 19.1. The van der Waals surface area contributed by atoms with Gasteiger partial charge in [-0.1, -0.05) is 30.3 Å². The molecule has 6 nitrogen and oxygen atoms in total. The second kappa shape index (κ2) is 7.92. The van der Waals surface area contributed by atoms with Gasteiger partial charge >= 0.3 is 0 Å². The molecule has 1 fully saturated rings. The number of hydrogen-bond acceptors (Lipinski definition) is 4. The highest BCUT2D eigenvalue weighted by Gasteiger charge is 2.34. The number of anilines is 1. The molecule has 0 unspecified atom stereocenters. The molecule has 1 aliphatic carbocycles. The van der Waals surface area contributed by atoms with Crippen LogP contribution in [0.4, 0.5) is 5.00 Å². The van der Waals surface area contributed by atoms with Crippen molar-refractivity contribution in [2.24, 2.45) is 11.7 Å². The average molecular weight is 385 g/mol. The maximum atomic E-state index is 12.6. The van der Waals surface area contributed by atoms with Crippen LogP contribution >= 0.6 is 11.3 Å². The molecule has 3 rings (SSSR count). The molecular weight excluding hydrogens is 362 g/mol. The van der Waals surface area contributed by atoms with E-state index in [1.54, 1.807) is 11.8 Å². The number of nitrogens with two attached hydrogens (primary N) is 1. The maximum Gasteiger partial charge on any atom is 0.251 e. The van der Waals surface area contributed by atoms with Crippen LogP contribution in [0.2, 0.25) is 0 Å². The molecule has 2 aromatic rings. The minimum atomic E-state index is -0.567. The fraction of sp³-hybridized carbons (Fsp3) is 0.350. The van der Waals surface area contributed by atoms with E-state index < -0.39 is 5.91 Å². The van der Waals surface area contributed by atoms with Gasteiger partial charge in [0.2, 0.25) is 11.8 Å². The first-order chi connectivity index (χ1) is 12.9. The molecule has 0 saturated heterocycles. The highest BCUT2D eigenvalue weighted by atomic mass is 32.1. The molecule has 7 heteroatoms. The third kappa shape index (κ3) is 4.54. The number of thiophene rings is 1. The van der Waals surface area contributed by atoms with Gasteiger partial charge in [0.25, 0.3) is 5.91 Å². The third-order valence-corrected chi connectivity index (χ3v) is 5.80. The number of benzene rings is 1. The summed E-state index contributed by atoms with van der Waals surface area (Å²) in [4.78, 5) is 39.4. The molecule has 1 aliphatic rings. The first-order valence-electron chi connectivity index (χ1n) is 8.89. The standard InChI is InChI=1S/C20H23N3O3S/c1-12-13(2)27-19(17(12)18(21)25)22-16(24)11-23(20(26)15-8-9-15)10-14-6-4-3-5-7-14/h3-7,15H,8-11H2,1-2H3,(H2,21,25)(H,22,24). The van der Waals surface area contributed by atoms with Crippen LogP contribution in [0.1, 0.15) is 39.2 Å².